The van der Waals surface area contributed by atoms with Crippen molar-refractivity contribution >= 4 is 16.1 Å². The van der Waals surface area contributed by atoms with Gasteiger partial charge in [-0.3, -0.25) is 0 Å². The second-order valence-corrected chi connectivity index (χ2v) is 12.0. The highest BCUT2D eigenvalue weighted by atomic mass is 32.2. The van der Waals surface area contributed by atoms with Crippen LogP contribution in [0.2, 0.25) is 0 Å². The van der Waals surface area contributed by atoms with Gasteiger partial charge in [0.15, 0.2) is 0 Å². The number of sulfonamides is 1. The molecule has 0 radical (unpaired) electrons. The molecule has 36 heavy (non-hydrogen) atoms. The number of ether oxygens (including phenoxy) is 1. The van der Waals surface area contributed by atoms with Crippen LogP contribution in [0.25, 0.3) is 11.1 Å². The quantitative estimate of drug-likeness (QED) is 0.505. The molecule has 1 heterocycles. The molecule has 2 aromatic carbocycles. The number of hydrogen-bond donors (Lipinski definition) is 1. The zero-order valence-corrected chi connectivity index (χ0v) is 22.0. The number of benzene rings is 2. The summed E-state index contributed by atoms with van der Waals surface area (Å²) in [6.07, 6.45) is -4.84. The van der Waals surface area contributed by atoms with Crippen LogP contribution in [-0.2, 0) is 20.9 Å². The van der Waals surface area contributed by atoms with Gasteiger partial charge in [0.05, 0.1) is 10.5 Å². The second-order valence-electron chi connectivity index (χ2n) is 10.3. The molecule has 1 fully saturated rings. The van der Waals surface area contributed by atoms with Crippen LogP contribution in [0.15, 0.2) is 47.4 Å². The molecule has 1 aliphatic heterocycles. The Bertz CT molecular complexity index is 1200. The van der Waals surface area contributed by atoms with Gasteiger partial charge in [-0.2, -0.15) is 13.2 Å². The molecule has 1 aliphatic rings. The van der Waals surface area contributed by atoms with Gasteiger partial charge >= 0.3 is 12.3 Å². The van der Waals surface area contributed by atoms with Crippen molar-refractivity contribution in [3.05, 3.63) is 53.6 Å². The number of rotatable bonds is 5. The fraction of sp³-hybridized carbons (Fsp3) is 0.500. The lowest BCUT2D eigenvalue weighted by Crippen LogP contribution is -2.47. The van der Waals surface area contributed by atoms with E-state index in [1.165, 1.54) is 11.0 Å². The maximum absolute atomic E-state index is 14.0. The minimum Gasteiger partial charge on any atom is -0.444 e. The molecule has 0 aromatic heterocycles. The Hall–Kier alpha value is -2.59. The summed E-state index contributed by atoms with van der Waals surface area (Å²) in [4.78, 5) is 12.9. The van der Waals surface area contributed by atoms with Gasteiger partial charge in [-0.05, 0) is 68.4 Å². The first-order valence-corrected chi connectivity index (χ1v) is 13.4. The molecule has 6 nitrogen and oxygen atoms in total. The maximum Gasteiger partial charge on any atom is 0.417 e. The van der Waals surface area contributed by atoms with Crippen molar-refractivity contribution in [3.8, 4) is 11.1 Å². The van der Waals surface area contributed by atoms with E-state index in [0.29, 0.717) is 11.1 Å². The number of carbonyl (C=O) groups is 1. The third-order valence-electron chi connectivity index (χ3n) is 5.94. The topological polar surface area (TPSA) is 75.7 Å². The van der Waals surface area contributed by atoms with Crippen LogP contribution in [0.1, 0.15) is 64.5 Å². The Morgan fingerprint density at radius 2 is 1.67 bits per heavy atom. The van der Waals surface area contributed by atoms with Crippen molar-refractivity contribution < 1.29 is 31.1 Å². The molecular weight excluding hydrogens is 493 g/mol. The predicted octanol–water partition coefficient (Wildman–Crippen LogP) is 6.17. The van der Waals surface area contributed by atoms with Crippen molar-refractivity contribution in [2.45, 2.75) is 76.1 Å². The van der Waals surface area contributed by atoms with Gasteiger partial charge < -0.3 is 9.64 Å². The van der Waals surface area contributed by atoms with E-state index in [9.17, 15) is 26.4 Å². The zero-order chi connectivity index (χ0) is 26.9. The number of likely N-dealkylation sites (tertiary alicyclic amines) is 1. The number of halogens is 3. The van der Waals surface area contributed by atoms with E-state index >= 15 is 0 Å². The molecule has 198 valence electrons. The molecule has 1 saturated heterocycles. The number of nitrogens with one attached hydrogen (secondary N) is 1. The van der Waals surface area contributed by atoms with Gasteiger partial charge in [-0.25, -0.2) is 17.9 Å². The number of carbonyl (C=O) groups excluding carboxylic acids is 1. The van der Waals surface area contributed by atoms with Crippen molar-refractivity contribution in [1.82, 2.24) is 9.62 Å². The largest absolute Gasteiger partial charge is 0.444 e. The van der Waals surface area contributed by atoms with E-state index in [0.717, 1.165) is 17.7 Å². The number of nitrogens with zero attached hydrogens (tertiary/aromatic N) is 1. The minimum atomic E-state index is -4.87. The van der Waals surface area contributed by atoms with Crippen LogP contribution in [-0.4, -0.2) is 44.1 Å². The lowest BCUT2D eigenvalue weighted by atomic mass is 9.92. The van der Waals surface area contributed by atoms with Gasteiger partial charge in [0, 0.05) is 19.1 Å². The van der Waals surface area contributed by atoms with Crippen molar-refractivity contribution in [2.24, 2.45) is 0 Å². The molecule has 0 saturated carbocycles. The third-order valence-corrected chi connectivity index (χ3v) is 7.52. The molecule has 1 amide bonds. The number of amides is 1. The highest BCUT2D eigenvalue weighted by molar-refractivity contribution is 7.89. The van der Waals surface area contributed by atoms with Crippen LogP contribution in [0.4, 0.5) is 18.0 Å². The summed E-state index contributed by atoms with van der Waals surface area (Å²) in [5.41, 5.74) is -0.0697. The van der Waals surface area contributed by atoms with Crippen LogP contribution in [0.3, 0.4) is 0 Å². The Balaban J connectivity index is 1.84. The average molecular weight is 527 g/mol. The molecular formula is C26H33F3N2O4S. The zero-order valence-electron chi connectivity index (χ0n) is 21.1. The fourth-order valence-corrected chi connectivity index (χ4v) is 5.72. The molecule has 0 bridgehead atoms. The average Bonchev–Trinajstić information content (AvgIpc) is 2.77. The van der Waals surface area contributed by atoms with Gasteiger partial charge in [-0.15, -0.1) is 0 Å². The Kier molecular flexibility index (Phi) is 8.10. The molecule has 0 unspecified atom stereocenters. The van der Waals surface area contributed by atoms with Gasteiger partial charge in [0.2, 0.25) is 10.0 Å². The predicted molar refractivity (Wildman–Crippen MR) is 132 cm³/mol. The summed E-state index contributed by atoms with van der Waals surface area (Å²) in [5.74, 6) is 0.0761. The molecule has 1 N–H and O–H groups in total. The summed E-state index contributed by atoms with van der Waals surface area (Å²) in [6, 6.07) is 9.88. The van der Waals surface area contributed by atoms with Crippen molar-refractivity contribution in [3.63, 3.8) is 0 Å². The molecule has 0 atom stereocenters. The van der Waals surface area contributed by atoms with Crippen LogP contribution in [0, 0.1) is 0 Å². The molecule has 10 heteroatoms. The summed E-state index contributed by atoms with van der Waals surface area (Å²) in [7, 11) is -4.47. The lowest BCUT2D eigenvalue weighted by Gasteiger charge is -2.33. The minimum absolute atomic E-state index is 0.0761. The maximum atomic E-state index is 14.0. The van der Waals surface area contributed by atoms with E-state index in [1.54, 1.807) is 32.9 Å². The number of alkyl halides is 3. The third kappa shape index (κ3) is 6.79. The van der Waals surface area contributed by atoms with Gasteiger partial charge in [0.25, 0.3) is 0 Å². The first-order chi connectivity index (χ1) is 16.6. The number of hydrogen-bond acceptors (Lipinski definition) is 4. The van der Waals surface area contributed by atoms with Crippen molar-refractivity contribution in [2.75, 3.05) is 13.1 Å². The Morgan fingerprint density at radius 3 is 2.22 bits per heavy atom. The summed E-state index contributed by atoms with van der Waals surface area (Å²) in [6.45, 7) is 9.60. The van der Waals surface area contributed by atoms with Gasteiger partial charge in [-0.1, -0.05) is 44.2 Å². The first kappa shape index (κ1) is 28.0. The van der Waals surface area contributed by atoms with E-state index in [2.05, 4.69) is 4.72 Å². The van der Waals surface area contributed by atoms with Crippen LogP contribution in [0.5, 0.6) is 0 Å². The van der Waals surface area contributed by atoms with Gasteiger partial charge in [0.1, 0.15) is 5.60 Å². The second kappa shape index (κ2) is 10.4. The smallest absolute Gasteiger partial charge is 0.417 e. The lowest BCUT2D eigenvalue weighted by molar-refractivity contribution is -0.139. The summed E-state index contributed by atoms with van der Waals surface area (Å²) >= 11 is 0. The van der Waals surface area contributed by atoms with E-state index in [4.69, 9.17) is 4.74 Å². The Labute approximate surface area is 210 Å². The number of piperidine rings is 1. The standard InChI is InChI=1S/C26H33F3N2O4S/c1-17(2)20-8-6-7-9-21(20)18-10-11-23(22(16-18)26(27,28)29)36(33,34)30-19-12-14-31(15-13-19)24(32)35-25(3,4)5/h6-11,16-17,19,30H,12-15H2,1-5H3. The summed E-state index contributed by atoms with van der Waals surface area (Å²) < 4.78 is 76.0. The first-order valence-electron chi connectivity index (χ1n) is 11.9. The SMILES string of the molecule is CC(C)c1ccccc1-c1ccc(S(=O)(=O)NC2CCN(C(=O)OC(C)(C)C)CC2)c(C(F)(F)F)c1. The van der Waals surface area contributed by atoms with E-state index in [-0.39, 0.29) is 31.8 Å². The van der Waals surface area contributed by atoms with Crippen molar-refractivity contribution in [1.29, 1.82) is 0 Å². The molecule has 0 aliphatic carbocycles. The highest BCUT2D eigenvalue weighted by Gasteiger charge is 2.39. The highest BCUT2D eigenvalue weighted by Crippen LogP contribution is 2.38. The normalized spacial score (nSPS) is 15.9. The monoisotopic (exact) mass is 526 g/mol. The molecule has 3 rings (SSSR count). The summed E-state index contributed by atoms with van der Waals surface area (Å²) in [5, 5.41) is 0. The van der Waals surface area contributed by atoms with Crippen LogP contribution >= 0.6 is 0 Å². The fourth-order valence-electron chi connectivity index (χ4n) is 4.21. The molecule has 2 aromatic rings. The van der Waals surface area contributed by atoms with Crippen LogP contribution < -0.4 is 4.72 Å². The van der Waals surface area contributed by atoms with E-state index < -0.39 is 44.4 Å². The molecule has 0 spiro atoms. The van der Waals surface area contributed by atoms with E-state index in [1.807, 2.05) is 26.0 Å². The Morgan fingerprint density at radius 1 is 1.06 bits per heavy atom.